The van der Waals surface area contributed by atoms with E-state index in [9.17, 15) is 18.0 Å². The molecule has 184 valence electrons. The Morgan fingerprint density at radius 3 is 2.32 bits per heavy atom. The zero-order chi connectivity index (χ0) is 23.4. The molecular weight excluding hydrogens is 485 g/mol. The van der Waals surface area contributed by atoms with Gasteiger partial charge in [0.25, 0.3) is 0 Å². The van der Waals surface area contributed by atoms with E-state index in [0.717, 1.165) is 66.6 Å². The minimum Gasteiger partial charge on any atom is -0.465 e. The maximum Gasteiger partial charge on any atom is 0.416 e. The van der Waals surface area contributed by atoms with Gasteiger partial charge in [-0.15, -0.1) is 12.4 Å². The van der Waals surface area contributed by atoms with Crippen LogP contribution in [0, 0.1) is 0 Å². The largest absolute Gasteiger partial charge is 0.465 e. The van der Waals surface area contributed by atoms with Crippen molar-refractivity contribution in [1.82, 2.24) is 9.80 Å². The number of nitrogens with zero attached hydrogens (tertiary/aromatic N) is 2. The second kappa shape index (κ2) is 11.6. The highest BCUT2D eigenvalue weighted by atomic mass is 35.5. The first kappa shape index (κ1) is 26.6. The molecule has 4 nitrogen and oxygen atoms in total. The minimum atomic E-state index is -4.36. The average molecular weight is 513 g/mol. The van der Waals surface area contributed by atoms with Crippen LogP contribution in [0.3, 0.4) is 0 Å². The Hall–Kier alpha value is -2.00. The topological polar surface area (TPSA) is 32.8 Å². The molecule has 0 N–H and O–H groups in total. The summed E-state index contributed by atoms with van der Waals surface area (Å²) in [7, 11) is 0. The summed E-state index contributed by atoms with van der Waals surface area (Å²) in [6.45, 7) is 7.09. The lowest BCUT2D eigenvalue weighted by Gasteiger charge is -2.34. The number of carbonyl (C=O) groups excluding carboxylic acids is 1. The molecule has 0 spiro atoms. The third-order valence-electron chi connectivity index (χ3n) is 5.97. The lowest BCUT2D eigenvalue weighted by molar-refractivity contribution is -0.141. The predicted molar refractivity (Wildman–Crippen MR) is 130 cm³/mol. The van der Waals surface area contributed by atoms with Crippen molar-refractivity contribution >= 4 is 35.7 Å². The van der Waals surface area contributed by atoms with E-state index < -0.39 is 11.7 Å². The summed E-state index contributed by atoms with van der Waals surface area (Å²) in [6, 6.07) is 11.9. The van der Waals surface area contributed by atoms with Crippen LogP contribution in [0.5, 0.6) is 0 Å². The number of hydrogen-bond donors (Lipinski definition) is 0. The molecule has 1 saturated heterocycles. The van der Waals surface area contributed by atoms with E-state index in [1.807, 2.05) is 24.3 Å². The van der Waals surface area contributed by atoms with Crippen molar-refractivity contribution in [2.24, 2.45) is 0 Å². The van der Waals surface area contributed by atoms with Crippen LogP contribution in [0.4, 0.5) is 13.2 Å². The number of halogens is 4. The molecule has 4 rings (SSSR count). The highest BCUT2D eigenvalue weighted by Crippen LogP contribution is 2.47. The molecule has 0 saturated carbocycles. The van der Waals surface area contributed by atoms with Gasteiger partial charge in [-0.05, 0) is 47.4 Å². The van der Waals surface area contributed by atoms with Crippen molar-refractivity contribution in [3.63, 3.8) is 0 Å². The Kier molecular flexibility index (Phi) is 9.09. The Bertz CT molecular complexity index is 1040. The first-order valence-electron chi connectivity index (χ1n) is 11.1. The summed E-state index contributed by atoms with van der Waals surface area (Å²) in [5.41, 5.74) is 1.91. The molecule has 0 bridgehead atoms. The molecule has 0 aliphatic carbocycles. The summed E-state index contributed by atoms with van der Waals surface area (Å²) >= 11 is 1.52. The average Bonchev–Trinajstić information content (AvgIpc) is 2.78. The van der Waals surface area contributed by atoms with E-state index in [4.69, 9.17) is 4.74 Å². The van der Waals surface area contributed by atoms with Gasteiger partial charge in [0.15, 0.2) is 0 Å². The molecule has 0 amide bonds. The number of fused-ring (bicyclic) bond motifs is 2. The molecule has 9 heteroatoms. The second-order valence-corrected chi connectivity index (χ2v) is 9.32. The standard InChI is InChI=1S/C25H27F3N2O2S.ClH/c1-18(31)32-16-15-30-13-11-29(12-14-30)10-4-6-20-21-5-2-3-7-23(21)33-24-9-8-19(17-22(20)24)25(26,27)28;/h2-3,5-9,17H,4,10-16H2,1H3;1H. The summed E-state index contributed by atoms with van der Waals surface area (Å²) < 4.78 is 45.1. The molecule has 2 aromatic rings. The van der Waals surface area contributed by atoms with Crippen LogP contribution in [-0.4, -0.2) is 61.6 Å². The first-order valence-corrected chi connectivity index (χ1v) is 11.9. The van der Waals surface area contributed by atoms with Gasteiger partial charge in [-0.1, -0.05) is 36.0 Å². The van der Waals surface area contributed by atoms with Gasteiger partial charge in [-0.25, -0.2) is 0 Å². The first-order chi connectivity index (χ1) is 15.8. The lowest BCUT2D eigenvalue weighted by atomic mass is 9.94. The SMILES string of the molecule is CC(=O)OCCN1CCN(CCC=C2c3ccccc3Sc3ccc(C(F)(F)F)cc32)CC1.Cl. The quantitative estimate of drug-likeness (QED) is 0.402. The minimum absolute atomic E-state index is 0. The molecule has 1 fully saturated rings. The van der Waals surface area contributed by atoms with Crippen LogP contribution in [-0.2, 0) is 15.7 Å². The molecular formula is C25H28ClF3N2O2S. The van der Waals surface area contributed by atoms with Crippen molar-refractivity contribution in [2.45, 2.75) is 29.3 Å². The van der Waals surface area contributed by atoms with E-state index in [1.165, 1.54) is 30.8 Å². The number of esters is 1. The number of rotatable bonds is 6. The predicted octanol–water partition coefficient (Wildman–Crippen LogP) is 5.59. The van der Waals surface area contributed by atoms with Crippen molar-refractivity contribution in [3.05, 3.63) is 65.2 Å². The van der Waals surface area contributed by atoms with Gasteiger partial charge in [-0.3, -0.25) is 9.69 Å². The fourth-order valence-electron chi connectivity index (χ4n) is 4.21. The molecule has 2 heterocycles. The summed E-state index contributed by atoms with van der Waals surface area (Å²) in [5.74, 6) is -0.256. The summed E-state index contributed by atoms with van der Waals surface area (Å²) in [4.78, 5) is 17.5. The number of alkyl halides is 3. The number of carbonyl (C=O) groups is 1. The lowest BCUT2D eigenvalue weighted by Crippen LogP contribution is -2.47. The highest BCUT2D eigenvalue weighted by Gasteiger charge is 2.32. The van der Waals surface area contributed by atoms with Crippen LogP contribution >= 0.6 is 24.2 Å². The fraction of sp³-hybridized carbons (Fsp3) is 0.400. The Morgan fingerprint density at radius 1 is 1.00 bits per heavy atom. The molecule has 0 atom stereocenters. The zero-order valence-electron chi connectivity index (χ0n) is 18.9. The monoisotopic (exact) mass is 512 g/mol. The smallest absolute Gasteiger partial charge is 0.416 e. The maximum absolute atomic E-state index is 13.4. The Balaban J connectivity index is 0.00000324. The van der Waals surface area contributed by atoms with Gasteiger partial charge >= 0.3 is 12.1 Å². The van der Waals surface area contributed by atoms with Crippen LogP contribution in [0.15, 0.2) is 58.3 Å². The van der Waals surface area contributed by atoms with Gasteiger partial charge < -0.3 is 9.64 Å². The van der Waals surface area contributed by atoms with Crippen molar-refractivity contribution in [1.29, 1.82) is 0 Å². The number of benzene rings is 2. The highest BCUT2D eigenvalue weighted by molar-refractivity contribution is 7.99. The molecule has 2 aromatic carbocycles. The van der Waals surface area contributed by atoms with Gasteiger partial charge in [0.1, 0.15) is 6.61 Å². The number of ether oxygens (including phenoxy) is 1. The van der Waals surface area contributed by atoms with Gasteiger partial charge in [0.2, 0.25) is 0 Å². The summed E-state index contributed by atoms with van der Waals surface area (Å²) in [5, 5.41) is 0. The van der Waals surface area contributed by atoms with Gasteiger partial charge in [0, 0.05) is 56.0 Å². The van der Waals surface area contributed by atoms with Crippen molar-refractivity contribution in [3.8, 4) is 0 Å². The third kappa shape index (κ3) is 6.56. The van der Waals surface area contributed by atoms with Crippen LogP contribution < -0.4 is 0 Å². The van der Waals surface area contributed by atoms with Gasteiger partial charge in [-0.2, -0.15) is 13.2 Å². The van der Waals surface area contributed by atoms with Crippen LogP contribution in [0.25, 0.3) is 5.57 Å². The Labute approximate surface area is 208 Å². The van der Waals surface area contributed by atoms with Crippen molar-refractivity contribution < 1.29 is 22.7 Å². The fourth-order valence-corrected chi connectivity index (χ4v) is 5.30. The molecule has 34 heavy (non-hydrogen) atoms. The molecule has 2 aliphatic rings. The third-order valence-corrected chi connectivity index (χ3v) is 7.12. The van der Waals surface area contributed by atoms with E-state index in [2.05, 4.69) is 15.9 Å². The maximum atomic E-state index is 13.4. The van der Waals surface area contributed by atoms with Crippen LogP contribution in [0.1, 0.15) is 30.0 Å². The normalized spacial score (nSPS) is 17.6. The molecule has 2 aliphatic heterocycles. The summed E-state index contributed by atoms with van der Waals surface area (Å²) in [6.07, 6.45) is -1.51. The Morgan fingerprint density at radius 2 is 1.65 bits per heavy atom. The number of hydrogen-bond acceptors (Lipinski definition) is 5. The molecule has 0 unspecified atom stereocenters. The van der Waals surface area contributed by atoms with E-state index in [0.29, 0.717) is 12.2 Å². The number of piperazine rings is 1. The van der Waals surface area contributed by atoms with E-state index in [-0.39, 0.29) is 18.4 Å². The van der Waals surface area contributed by atoms with Crippen molar-refractivity contribution in [2.75, 3.05) is 45.9 Å². The van der Waals surface area contributed by atoms with E-state index >= 15 is 0 Å². The molecule has 0 radical (unpaired) electrons. The molecule has 0 aromatic heterocycles. The van der Waals surface area contributed by atoms with E-state index in [1.54, 1.807) is 6.07 Å². The second-order valence-electron chi connectivity index (χ2n) is 8.24. The van der Waals surface area contributed by atoms with Gasteiger partial charge in [0.05, 0.1) is 5.56 Å². The zero-order valence-corrected chi connectivity index (χ0v) is 20.6. The van der Waals surface area contributed by atoms with Crippen LogP contribution in [0.2, 0.25) is 0 Å².